The number of amides is 1. The highest BCUT2D eigenvalue weighted by atomic mass is 35.5. The highest BCUT2D eigenvalue weighted by molar-refractivity contribution is 7.80. The van der Waals surface area contributed by atoms with Gasteiger partial charge in [-0.1, -0.05) is 35.9 Å². The van der Waals surface area contributed by atoms with Crippen molar-refractivity contribution in [3.05, 3.63) is 107 Å². The summed E-state index contributed by atoms with van der Waals surface area (Å²) in [6, 6.07) is 21.5. The minimum Gasteiger partial charge on any atom is -0.506 e. The summed E-state index contributed by atoms with van der Waals surface area (Å²) in [4.78, 5) is 19.6. The number of thiocarbonyl (C=S) groups is 1. The molecule has 5 rings (SSSR count). The van der Waals surface area contributed by atoms with E-state index < -0.39 is 0 Å². The minimum absolute atomic E-state index is 0.0564. The lowest BCUT2D eigenvalue weighted by Crippen LogP contribution is -2.37. The average Bonchev–Trinajstić information content (AvgIpc) is 3.36. The smallest absolute Gasteiger partial charge is 0.244 e. The lowest BCUT2D eigenvalue weighted by Gasteiger charge is -2.27. The lowest BCUT2D eigenvalue weighted by molar-refractivity contribution is -0.116. The van der Waals surface area contributed by atoms with Crippen LogP contribution >= 0.6 is 23.8 Å². The zero-order valence-electron chi connectivity index (χ0n) is 20.4. The predicted octanol–water partition coefficient (Wildman–Crippen LogP) is 5.46. The Morgan fingerprint density at radius 3 is 2.59 bits per heavy atom. The number of carbonyl (C=O) groups excluding carboxylic acids is 1. The van der Waals surface area contributed by atoms with Gasteiger partial charge in [0.1, 0.15) is 12.3 Å². The first kappa shape index (κ1) is 24.8. The molecule has 0 bridgehead atoms. The van der Waals surface area contributed by atoms with Crippen LogP contribution in [0, 0.1) is 13.8 Å². The molecule has 7 nitrogen and oxygen atoms in total. The summed E-state index contributed by atoms with van der Waals surface area (Å²) in [6.45, 7) is 4.02. The maximum atomic E-state index is 13.1. The van der Waals surface area contributed by atoms with Gasteiger partial charge in [-0.2, -0.15) is 0 Å². The molecule has 4 aromatic rings. The van der Waals surface area contributed by atoms with Gasteiger partial charge < -0.3 is 25.2 Å². The third-order valence-electron chi connectivity index (χ3n) is 6.54. The average molecular weight is 532 g/mol. The number of benzene rings is 2. The molecule has 2 aromatic carbocycles. The van der Waals surface area contributed by atoms with Crippen molar-refractivity contribution in [2.75, 3.05) is 11.9 Å². The van der Waals surface area contributed by atoms with Gasteiger partial charge >= 0.3 is 0 Å². The molecule has 2 aromatic heterocycles. The molecule has 2 atom stereocenters. The number of halogens is 1. The summed E-state index contributed by atoms with van der Waals surface area (Å²) < 4.78 is 1.97. The number of carbonyl (C=O) groups is 1. The molecule has 0 radical (unpaired) electrons. The van der Waals surface area contributed by atoms with Crippen molar-refractivity contribution < 1.29 is 9.90 Å². The lowest BCUT2D eigenvalue weighted by atomic mass is 9.96. The molecule has 1 saturated heterocycles. The normalized spacial score (nSPS) is 17.1. The van der Waals surface area contributed by atoms with Crippen LogP contribution in [-0.2, 0) is 4.79 Å². The van der Waals surface area contributed by atoms with Crippen molar-refractivity contribution >= 4 is 40.5 Å². The fourth-order valence-electron chi connectivity index (χ4n) is 4.92. The number of pyridine rings is 1. The Hall–Kier alpha value is -3.88. The van der Waals surface area contributed by atoms with Crippen LogP contribution in [0.5, 0.6) is 5.75 Å². The molecular formula is C28H26ClN5O2S. The Kier molecular flexibility index (Phi) is 6.86. The third kappa shape index (κ3) is 4.90. The van der Waals surface area contributed by atoms with Crippen LogP contribution in [-0.4, -0.2) is 37.1 Å². The Labute approximate surface area is 225 Å². The van der Waals surface area contributed by atoms with Gasteiger partial charge in [0.2, 0.25) is 5.91 Å². The number of hydrogen-bond acceptors (Lipinski definition) is 4. The first-order valence-corrected chi connectivity index (χ1v) is 12.6. The van der Waals surface area contributed by atoms with Crippen LogP contribution in [0.15, 0.2) is 79.0 Å². The second-order valence-corrected chi connectivity index (χ2v) is 9.79. The standard InChI is InChI=1S/C28H26ClN5O2S/c1-17-14-21(18(2)34(17)23-15-19(29)11-12-24(23)35)27-26(22-10-6-7-13-30-22)32-28(37)33(27)16-25(36)31-20-8-4-3-5-9-20/h3-15,26-27,35H,16H2,1-2H3,(H,31,36)(H,32,37)/t26-,27-/m1/s1. The maximum absolute atomic E-state index is 13.1. The monoisotopic (exact) mass is 531 g/mol. The van der Waals surface area contributed by atoms with Gasteiger partial charge in [-0.15, -0.1) is 0 Å². The van der Waals surface area contributed by atoms with Crippen molar-refractivity contribution in [3.63, 3.8) is 0 Å². The van der Waals surface area contributed by atoms with Gasteiger partial charge in [-0.05, 0) is 80.2 Å². The fourth-order valence-corrected chi connectivity index (χ4v) is 5.40. The number of nitrogens with zero attached hydrogens (tertiary/aromatic N) is 3. The van der Waals surface area contributed by atoms with Crippen molar-refractivity contribution in [2.45, 2.75) is 25.9 Å². The van der Waals surface area contributed by atoms with Gasteiger partial charge in [0.25, 0.3) is 0 Å². The van der Waals surface area contributed by atoms with E-state index in [1.54, 1.807) is 24.4 Å². The SMILES string of the molecule is Cc1cc([C@@H]2[C@@H](c3ccccn3)NC(=S)N2CC(=O)Nc2ccccc2)c(C)n1-c1cc(Cl)ccc1O. The van der Waals surface area contributed by atoms with Crippen LogP contribution < -0.4 is 10.6 Å². The van der Waals surface area contributed by atoms with E-state index >= 15 is 0 Å². The molecule has 1 amide bonds. The molecule has 9 heteroatoms. The van der Waals surface area contributed by atoms with Crippen LogP contribution in [0.3, 0.4) is 0 Å². The zero-order valence-corrected chi connectivity index (χ0v) is 21.9. The number of aryl methyl sites for hydroxylation is 1. The van der Waals surface area contributed by atoms with Crippen LogP contribution in [0.4, 0.5) is 5.69 Å². The molecule has 37 heavy (non-hydrogen) atoms. The minimum atomic E-state index is -0.315. The number of nitrogens with one attached hydrogen (secondary N) is 2. The summed E-state index contributed by atoms with van der Waals surface area (Å²) in [6.07, 6.45) is 1.75. The Morgan fingerprint density at radius 2 is 1.86 bits per heavy atom. The highest BCUT2D eigenvalue weighted by Crippen LogP contribution is 2.42. The van der Waals surface area contributed by atoms with Gasteiger partial charge in [0.15, 0.2) is 5.11 Å². The van der Waals surface area contributed by atoms with Gasteiger partial charge in [-0.25, -0.2) is 0 Å². The predicted molar refractivity (Wildman–Crippen MR) is 149 cm³/mol. The first-order valence-electron chi connectivity index (χ1n) is 11.8. The number of aromatic nitrogens is 2. The van der Waals surface area contributed by atoms with E-state index in [9.17, 15) is 9.90 Å². The summed E-state index contributed by atoms with van der Waals surface area (Å²) >= 11 is 12.0. The second-order valence-electron chi connectivity index (χ2n) is 8.96. The summed E-state index contributed by atoms with van der Waals surface area (Å²) in [5.74, 6) is -0.0542. The molecule has 3 N–H and O–H groups in total. The molecule has 1 aliphatic heterocycles. The van der Waals surface area contributed by atoms with Crippen molar-refractivity contribution in [2.24, 2.45) is 0 Å². The van der Waals surface area contributed by atoms with E-state index in [1.165, 1.54) is 0 Å². The number of phenols is 1. The van der Waals surface area contributed by atoms with Crippen molar-refractivity contribution in [3.8, 4) is 11.4 Å². The van der Waals surface area contributed by atoms with Crippen LogP contribution in [0.25, 0.3) is 5.69 Å². The van der Waals surface area contributed by atoms with Gasteiger partial charge in [0.05, 0.1) is 23.5 Å². The number of para-hydroxylation sites is 1. The topological polar surface area (TPSA) is 82.4 Å². The summed E-state index contributed by atoms with van der Waals surface area (Å²) in [5, 5.41) is 17.9. The summed E-state index contributed by atoms with van der Waals surface area (Å²) in [7, 11) is 0. The number of hydrogen-bond donors (Lipinski definition) is 3. The van der Waals surface area contributed by atoms with Crippen LogP contribution in [0.1, 0.15) is 34.7 Å². The van der Waals surface area contributed by atoms with Crippen LogP contribution in [0.2, 0.25) is 5.02 Å². The fraction of sp³-hybridized carbons (Fsp3) is 0.179. The second kappa shape index (κ2) is 10.2. The van der Waals surface area contributed by atoms with E-state index in [4.69, 9.17) is 23.8 Å². The Balaban J connectivity index is 1.56. The van der Waals surface area contributed by atoms with E-state index in [2.05, 4.69) is 21.7 Å². The molecular weight excluding hydrogens is 506 g/mol. The van der Waals surface area contributed by atoms with Gasteiger partial charge in [0, 0.05) is 28.3 Å². The molecule has 188 valence electrons. The highest BCUT2D eigenvalue weighted by Gasteiger charge is 2.42. The molecule has 3 heterocycles. The van der Waals surface area contributed by atoms with E-state index in [0.717, 1.165) is 28.3 Å². The molecule has 0 spiro atoms. The number of rotatable bonds is 6. The Morgan fingerprint density at radius 1 is 1.11 bits per heavy atom. The molecule has 1 fully saturated rings. The number of phenolic OH excluding ortho intramolecular Hbond substituents is 1. The largest absolute Gasteiger partial charge is 0.506 e. The first-order chi connectivity index (χ1) is 17.8. The molecule has 0 aliphatic carbocycles. The van der Waals surface area contributed by atoms with Crippen molar-refractivity contribution in [1.82, 2.24) is 19.8 Å². The summed E-state index contributed by atoms with van der Waals surface area (Å²) in [5.41, 5.74) is 4.91. The molecule has 1 aliphatic rings. The maximum Gasteiger partial charge on any atom is 0.244 e. The molecule has 0 saturated carbocycles. The zero-order chi connectivity index (χ0) is 26.1. The molecule has 0 unspecified atom stereocenters. The Bertz CT molecular complexity index is 1460. The van der Waals surface area contributed by atoms with Gasteiger partial charge in [-0.3, -0.25) is 9.78 Å². The van der Waals surface area contributed by atoms with Crippen molar-refractivity contribution in [1.29, 1.82) is 0 Å². The quantitative estimate of drug-likeness (QED) is 0.287. The third-order valence-corrected chi connectivity index (χ3v) is 7.12. The number of anilines is 1. The van der Waals surface area contributed by atoms with E-state index in [1.807, 2.05) is 71.8 Å². The number of aromatic hydroxyl groups is 1. The van der Waals surface area contributed by atoms with E-state index in [0.29, 0.717) is 15.8 Å². The van der Waals surface area contributed by atoms with E-state index in [-0.39, 0.29) is 30.3 Å².